The first-order valence-electron chi connectivity index (χ1n) is 6.37. The van der Waals surface area contributed by atoms with E-state index in [1.54, 1.807) is 13.2 Å². The van der Waals surface area contributed by atoms with Crippen molar-refractivity contribution in [3.63, 3.8) is 0 Å². The minimum absolute atomic E-state index is 0.368. The minimum Gasteiger partial charge on any atom is -0.385 e. The number of thiophene rings is 1. The third-order valence-corrected chi connectivity index (χ3v) is 5.71. The van der Waals surface area contributed by atoms with Crippen molar-refractivity contribution in [1.29, 1.82) is 0 Å². The largest absolute Gasteiger partial charge is 0.385 e. The summed E-state index contributed by atoms with van der Waals surface area (Å²) in [5.41, 5.74) is 5.45. The molecule has 0 spiro atoms. The molecule has 0 aliphatic carbocycles. The van der Waals surface area contributed by atoms with Crippen LogP contribution in [0.4, 0.5) is 0 Å². The molecule has 3 N–H and O–H groups in total. The summed E-state index contributed by atoms with van der Waals surface area (Å²) >= 11 is 1.29. The van der Waals surface area contributed by atoms with Crippen LogP contribution in [0.25, 0.3) is 0 Å². The summed E-state index contributed by atoms with van der Waals surface area (Å²) in [4.78, 5) is 1.00. The van der Waals surface area contributed by atoms with Crippen LogP contribution in [-0.2, 0) is 21.2 Å². The maximum absolute atomic E-state index is 12.0. The molecule has 110 valence electrons. The van der Waals surface area contributed by atoms with Crippen LogP contribution in [0.2, 0.25) is 0 Å². The average molecular weight is 306 g/mol. The molecular formula is C12H22N2O3S2. The number of rotatable bonds is 10. The fourth-order valence-corrected chi connectivity index (χ4v) is 4.09. The maximum Gasteiger partial charge on any atom is 0.250 e. The first kappa shape index (κ1) is 16.6. The van der Waals surface area contributed by atoms with E-state index in [1.807, 2.05) is 6.07 Å². The first-order valence-corrected chi connectivity index (χ1v) is 8.67. The van der Waals surface area contributed by atoms with Gasteiger partial charge in [-0.15, -0.1) is 11.3 Å². The maximum atomic E-state index is 12.0. The van der Waals surface area contributed by atoms with Crippen LogP contribution in [0.15, 0.2) is 16.3 Å². The molecule has 0 bridgehead atoms. The Labute approximate surface area is 119 Å². The normalized spacial score (nSPS) is 11.9. The topological polar surface area (TPSA) is 81.4 Å². The van der Waals surface area contributed by atoms with Gasteiger partial charge >= 0.3 is 0 Å². The summed E-state index contributed by atoms with van der Waals surface area (Å²) in [6, 6.07) is 3.47. The predicted octanol–water partition coefficient (Wildman–Crippen LogP) is 1.34. The van der Waals surface area contributed by atoms with E-state index in [0.717, 1.165) is 37.2 Å². The molecule has 19 heavy (non-hydrogen) atoms. The van der Waals surface area contributed by atoms with Crippen molar-refractivity contribution in [1.82, 2.24) is 4.72 Å². The highest BCUT2D eigenvalue weighted by Crippen LogP contribution is 2.21. The molecule has 0 amide bonds. The Morgan fingerprint density at radius 3 is 2.79 bits per heavy atom. The number of methoxy groups -OCH3 is 1. The van der Waals surface area contributed by atoms with Crippen LogP contribution in [0.3, 0.4) is 0 Å². The molecule has 1 heterocycles. The van der Waals surface area contributed by atoms with E-state index < -0.39 is 10.0 Å². The second-order valence-corrected chi connectivity index (χ2v) is 7.37. The van der Waals surface area contributed by atoms with Gasteiger partial charge in [-0.05, 0) is 44.4 Å². The van der Waals surface area contributed by atoms with Crippen molar-refractivity contribution >= 4 is 21.4 Å². The number of hydrogen-bond acceptors (Lipinski definition) is 5. The Balaban J connectivity index is 2.38. The van der Waals surface area contributed by atoms with Gasteiger partial charge in [-0.2, -0.15) is 0 Å². The van der Waals surface area contributed by atoms with E-state index in [0.29, 0.717) is 17.3 Å². The zero-order valence-corrected chi connectivity index (χ0v) is 12.9. The van der Waals surface area contributed by atoms with Gasteiger partial charge in [-0.1, -0.05) is 0 Å². The van der Waals surface area contributed by atoms with Crippen LogP contribution >= 0.6 is 11.3 Å². The van der Waals surface area contributed by atoms with Gasteiger partial charge in [0.1, 0.15) is 4.21 Å². The minimum atomic E-state index is -3.35. The van der Waals surface area contributed by atoms with Gasteiger partial charge in [-0.3, -0.25) is 0 Å². The molecule has 1 aromatic rings. The van der Waals surface area contributed by atoms with E-state index in [2.05, 4.69) is 4.72 Å². The van der Waals surface area contributed by atoms with Crippen molar-refractivity contribution in [3.05, 3.63) is 17.0 Å². The third-order valence-electron chi connectivity index (χ3n) is 2.61. The number of ether oxygens (including phenoxy) is 1. The summed E-state index contributed by atoms with van der Waals surface area (Å²) in [6.45, 7) is 1.73. The lowest BCUT2D eigenvalue weighted by Crippen LogP contribution is -2.24. The standard InChI is InChI=1S/C12H22N2O3S2/c1-17-10-4-2-3-9-14-19(15,16)12-6-5-11(18-12)7-8-13/h5-6,14H,2-4,7-10,13H2,1H3. The van der Waals surface area contributed by atoms with E-state index in [9.17, 15) is 8.42 Å². The number of unbranched alkanes of at least 4 members (excludes halogenated alkanes) is 2. The molecule has 0 fully saturated rings. The van der Waals surface area contributed by atoms with E-state index in [4.69, 9.17) is 10.5 Å². The highest BCUT2D eigenvalue weighted by molar-refractivity contribution is 7.91. The quantitative estimate of drug-likeness (QED) is 0.639. The third kappa shape index (κ3) is 6.01. The summed E-state index contributed by atoms with van der Waals surface area (Å²) < 4.78 is 31.9. The van der Waals surface area contributed by atoms with E-state index in [1.165, 1.54) is 11.3 Å². The first-order chi connectivity index (χ1) is 9.10. The van der Waals surface area contributed by atoms with Crippen LogP contribution in [0, 0.1) is 0 Å². The van der Waals surface area contributed by atoms with Gasteiger partial charge in [0.2, 0.25) is 10.0 Å². The number of nitrogens with one attached hydrogen (secondary N) is 1. The van der Waals surface area contributed by atoms with Crippen molar-refractivity contribution < 1.29 is 13.2 Å². The molecule has 0 radical (unpaired) electrons. The molecule has 1 rings (SSSR count). The van der Waals surface area contributed by atoms with Crippen molar-refractivity contribution in [2.45, 2.75) is 29.9 Å². The fraction of sp³-hybridized carbons (Fsp3) is 0.667. The predicted molar refractivity (Wildman–Crippen MR) is 78.0 cm³/mol. The van der Waals surface area contributed by atoms with Crippen molar-refractivity contribution in [3.8, 4) is 0 Å². The molecule has 0 atom stereocenters. The molecule has 7 heteroatoms. The monoisotopic (exact) mass is 306 g/mol. The molecule has 0 aliphatic heterocycles. The molecule has 1 aromatic heterocycles. The highest BCUT2D eigenvalue weighted by atomic mass is 32.2. The number of nitrogens with two attached hydrogens (primary N) is 1. The summed E-state index contributed by atoms with van der Waals surface area (Å²) in [7, 11) is -1.69. The smallest absolute Gasteiger partial charge is 0.250 e. The van der Waals surface area contributed by atoms with Crippen LogP contribution in [0.5, 0.6) is 0 Å². The Morgan fingerprint density at radius 2 is 2.11 bits per heavy atom. The van der Waals surface area contributed by atoms with Crippen LogP contribution in [-0.4, -0.2) is 35.2 Å². The molecule has 0 aromatic carbocycles. The molecule has 0 saturated carbocycles. The summed E-state index contributed by atoms with van der Waals surface area (Å²) in [5, 5.41) is 0. The van der Waals surface area contributed by atoms with E-state index >= 15 is 0 Å². The van der Waals surface area contributed by atoms with Gasteiger partial charge in [0.25, 0.3) is 0 Å². The lowest BCUT2D eigenvalue weighted by Gasteiger charge is -2.04. The SMILES string of the molecule is COCCCCCNS(=O)(=O)c1ccc(CCN)s1. The van der Waals surface area contributed by atoms with Crippen molar-refractivity contribution in [2.24, 2.45) is 5.73 Å². The van der Waals surface area contributed by atoms with Crippen LogP contribution in [0.1, 0.15) is 24.1 Å². The lowest BCUT2D eigenvalue weighted by molar-refractivity contribution is 0.192. The van der Waals surface area contributed by atoms with Gasteiger partial charge in [0.05, 0.1) is 0 Å². The summed E-state index contributed by atoms with van der Waals surface area (Å²) in [6.07, 6.45) is 3.46. The summed E-state index contributed by atoms with van der Waals surface area (Å²) in [5.74, 6) is 0. The Hall–Kier alpha value is -0.470. The van der Waals surface area contributed by atoms with E-state index in [-0.39, 0.29) is 0 Å². The molecule has 5 nitrogen and oxygen atoms in total. The van der Waals surface area contributed by atoms with Gasteiger partial charge in [-0.25, -0.2) is 13.1 Å². The Bertz CT molecular complexity index is 457. The number of sulfonamides is 1. The molecule has 0 aliphatic rings. The zero-order chi connectivity index (χ0) is 14.1. The average Bonchev–Trinajstić information content (AvgIpc) is 2.83. The molecule has 0 unspecified atom stereocenters. The second-order valence-electron chi connectivity index (χ2n) is 4.21. The van der Waals surface area contributed by atoms with Gasteiger partial charge < -0.3 is 10.5 Å². The number of hydrogen-bond donors (Lipinski definition) is 2. The van der Waals surface area contributed by atoms with Crippen LogP contribution < -0.4 is 10.5 Å². The van der Waals surface area contributed by atoms with Gasteiger partial charge in [0, 0.05) is 25.1 Å². The molecular weight excluding hydrogens is 284 g/mol. The lowest BCUT2D eigenvalue weighted by atomic mass is 10.2. The fourth-order valence-electron chi connectivity index (χ4n) is 1.61. The molecule has 0 saturated heterocycles. The van der Waals surface area contributed by atoms with Crippen molar-refractivity contribution in [2.75, 3.05) is 26.8 Å². The second kappa shape index (κ2) is 8.65. The Kier molecular flexibility index (Phi) is 7.55. The zero-order valence-electron chi connectivity index (χ0n) is 11.2. The van der Waals surface area contributed by atoms with Gasteiger partial charge in [0.15, 0.2) is 0 Å². The highest BCUT2D eigenvalue weighted by Gasteiger charge is 2.15. The Morgan fingerprint density at radius 1 is 1.32 bits per heavy atom.